The molecule has 2 aromatic rings. The lowest BCUT2D eigenvalue weighted by Crippen LogP contribution is -2.53. The van der Waals surface area contributed by atoms with Crippen LogP contribution in [0.1, 0.15) is 16.7 Å². The van der Waals surface area contributed by atoms with Gasteiger partial charge in [0.1, 0.15) is 0 Å². The van der Waals surface area contributed by atoms with E-state index in [9.17, 15) is 31.4 Å². The minimum absolute atomic E-state index is 0.443. The molecule has 1 heterocycles. The molecular weight excluding hydrogens is 508 g/mol. The van der Waals surface area contributed by atoms with Crippen molar-refractivity contribution >= 4 is 0 Å². The average molecular weight is 540 g/mol. The number of benzene rings is 2. The molecule has 0 amide bonds. The molecule has 0 aromatic heterocycles. The number of aliphatic hydroxyl groups is 1. The van der Waals surface area contributed by atoms with Gasteiger partial charge in [0.25, 0.3) is 5.60 Å². The maximum Gasteiger partial charge on any atom is 0.430 e. The van der Waals surface area contributed by atoms with Crippen molar-refractivity contribution in [2.75, 3.05) is 32.7 Å². The summed E-state index contributed by atoms with van der Waals surface area (Å²) in [6.45, 7) is 10.7. The Morgan fingerprint density at radius 1 is 0.921 bits per heavy atom. The van der Waals surface area contributed by atoms with Crippen molar-refractivity contribution < 1.29 is 31.4 Å². The summed E-state index contributed by atoms with van der Waals surface area (Å²) in [7, 11) is 0. The number of hydrogen-bond donors (Lipinski definition) is 2. The number of rotatable bonds is 8. The summed E-state index contributed by atoms with van der Waals surface area (Å²) < 4.78 is 78.9. The number of halogens is 6. The Balaban J connectivity index is 1.67. The first-order valence-corrected chi connectivity index (χ1v) is 12.0. The highest BCUT2D eigenvalue weighted by Crippen LogP contribution is 2.50. The highest BCUT2D eigenvalue weighted by molar-refractivity contribution is 5.65. The Morgan fingerprint density at radius 3 is 1.97 bits per heavy atom. The highest BCUT2D eigenvalue weighted by Gasteiger charge is 2.71. The van der Waals surface area contributed by atoms with Crippen LogP contribution in [0.25, 0.3) is 11.1 Å². The molecule has 3 N–H and O–H groups in total. The van der Waals surface area contributed by atoms with Gasteiger partial charge in [0.05, 0.1) is 0 Å². The van der Waals surface area contributed by atoms with Crippen LogP contribution in [0.2, 0.25) is 0 Å². The summed E-state index contributed by atoms with van der Waals surface area (Å²) in [5.41, 5.74) is 3.52. The molecule has 3 rings (SSSR count). The van der Waals surface area contributed by atoms with E-state index in [1.807, 2.05) is 31.2 Å². The lowest BCUT2D eigenvalue weighted by molar-refractivity contribution is -0.376. The van der Waals surface area contributed by atoms with E-state index in [0.29, 0.717) is 23.3 Å². The summed E-state index contributed by atoms with van der Waals surface area (Å²) in [5.74, 6) is 0. The van der Waals surface area contributed by atoms with Gasteiger partial charge >= 0.3 is 12.4 Å². The molecule has 0 atom stereocenters. The van der Waals surface area contributed by atoms with Crippen LogP contribution < -0.4 is 5.73 Å². The number of aryl methyl sites for hydroxylation is 1. The molecule has 0 unspecified atom stereocenters. The molecule has 10 heteroatoms. The van der Waals surface area contributed by atoms with Gasteiger partial charge in [0.2, 0.25) is 0 Å². The summed E-state index contributed by atoms with van der Waals surface area (Å²) >= 11 is 0. The zero-order valence-electron chi connectivity index (χ0n) is 21.0. The van der Waals surface area contributed by atoms with Gasteiger partial charge in [0, 0.05) is 44.8 Å². The van der Waals surface area contributed by atoms with Crippen LogP contribution in [0.4, 0.5) is 26.3 Å². The first-order valence-electron chi connectivity index (χ1n) is 12.0. The van der Waals surface area contributed by atoms with Crippen LogP contribution in [0, 0.1) is 6.92 Å². The van der Waals surface area contributed by atoms with Crippen LogP contribution >= 0.6 is 0 Å². The minimum Gasteiger partial charge on any atom is -0.405 e. The second-order valence-electron chi connectivity index (χ2n) is 9.31. The van der Waals surface area contributed by atoms with Crippen LogP contribution in [-0.4, -0.2) is 60.0 Å². The van der Waals surface area contributed by atoms with Gasteiger partial charge in [0.15, 0.2) is 0 Å². The zero-order valence-corrected chi connectivity index (χ0v) is 21.0. The summed E-state index contributed by atoms with van der Waals surface area (Å²) in [4.78, 5) is 4.67. The van der Waals surface area contributed by atoms with Crippen molar-refractivity contribution in [3.63, 3.8) is 0 Å². The molecule has 1 aliphatic heterocycles. The van der Waals surface area contributed by atoms with Gasteiger partial charge in [-0.3, -0.25) is 9.80 Å². The lowest BCUT2D eigenvalue weighted by Gasteiger charge is -2.35. The third-order valence-electron chi connectivity index (χ3n) is 6.71. The highest BCUT2D eigenvalue weighted by atomic mass is 19.4. The minimum atomic E-state index is -5.91. The molecule has 2 aromatic carbocycles. The molecular formula is C28H31F6N3O. The number of nitrogens with zero attached hydrogens (tertiary/aromatic N) is 2. The van der Waals surface area contributed by atoms with Crippen molar-refractivity contribution in [1.29, 1.82) is 0 Å². The van der Waals surface area contributed by atoms with Crippen LogP contribution in [0.5, 0.6) is 0 Å². The van der Waals surface area contributed by atoms with E-state index in [2.05, 4.69) is 16.4 Å². The summed E-state index contributed by atoms with van der Waals surface area (Å²) in [6, 6.07) is 9.20. The third kappa shape index (κ3) is 6.48. The lowest BCUT2D eigenvalue weighted by atomic mass is 9.90. The number of allylic oxidation sites excluding steroid dienone is 2. The van der Waals surface area contributed by atoms with Crippen molar-refractivity contribution in [3.05, 3.63) is 95.7 Å². The zero-order chi connectivity index (χ0) is 28.1. The van der Waals surface area contributed by atoms with Crippen LogP contribution in [0.15, 0.2) is 79.0 Å². The predicted molar refractivity (Wildman–Crippen MR) is 136 cm³/mol. The Labute approximate surface area is 218 Å². The quantitative estimate of drug-likeness (QED) is 0.335. The van der Waals surface area contributed by atoms with Crippen molar-refractivity contribution in [2.45, 2.75) is 31.4 Å². The molecule has 0 aliphatic carbocycles. The molecule has 0 radical (unpaired) electrons. The molecule has 0 saturated carbocycles. The van der Waals surface area contributed by atoms with E-state index >= 15 is 0 Å². The molecule has 1 fully saturated rings. The fraction of sp³-hybridized carbons (Fsp3) is 0.357. The first-order chi connectivity index (χ1) is 17.8. The molecule has 38 heavy (non-hydrogen) atoms. The number of nitrogens with two attached hydrogens (primary N) is 1. The van der Waals surface area contributed by atoms with Crippen molar-refractivity contribution in [3.8, 4) is 11.1 Å². The molecule has 206 valence electrons. The molecule has 1 aliphatic rings. The maximum atomic E-state index is 13.1. The van der Waals surface area contributed by atoms with Gasteiger partial charge in [-0.25, -0.2) is 0 Å². The van der Waals surface area contributed by atoms with Gasteiger partial charge in [-0.2, -0.15) is 26.3 Å². The number of alkyl halides is 6. The van der Waals surface area contributed by atoms with Gasteiger partial charge in [-0.1, -0.05) is 61.2 Å². The fourth-order valence-electron chi connectivity index (χ4n) is 4.49. The third-order valence-corrected chi connectivity index (χ3v) is 6.71. The Bertz CT molecular complexity index is 1150. The number of hydrogen-bond acceptors (Lipinski definition) is 4. The predicted octanol–water partition coefficient (Wildman–Crippen LogP) is 5.68. The standard InChI is InChI=1S/C28H31F6N3O/c1-3-4-21(11-12-35)18-36-13-15-37(16-14-36)19-24-6-5-23(17-20(24)2)22-7-9-25(10-8-22)26(38,27(29,30)31)28(32,33)34/h3-12,17,38H,1,13-16,18-19,35H2,2H3/b12-11-,21-4+. The van der Waals surface area contributed by atoms with E-state index < -0.39 is 23.5 Å². The molecule has 0 spiro atoms. The maximum absolute atomic E-state index is 13.1. The van der Waals surface area contributed by atoms with Crippen LogP contribution in [0.3, 0.4) is 0 Å². The van der Waals surface area contributed by atoms with Gasteiger partial charge in [-0.05, 0) is 47.0 Å². The Kier molecular flexibility index (Phi) is 9.12. The smallest absolute Gasteiger partial charge is 0.405 e. The normalized spacial score (nSPS) is 16.8. The van der Waals surface area contributed by atoms with E-state index in [1.54, 1.807) is 12.1 Å². The monoisotopic (exact) mass is 539 g/mol. The van der Waals surface area contributed by atoms with E-state index in [1.165, 1.54) is 6.20 Å². The largest absolute Gasteiger partial charge is 0.430 e. The van der Waals surface area contributed by atoms with Gasteiger partial charge in [-0.15, -0.1) is 0 Å². The van der Waals surface area contributed by atoms with Crippen LogP contribution in [-0.2, 0) is 12.1 Å². The second kappa shape index (κ2) is 11.8. The average Bonchev–Trinajstić information content (AvgIpc) is 2.85. The topological polar surface area (TPSA) is 52.7 Å². The Morgan fingerprint density at radius 2 is 1.47 bits per heavy atom. The molecule has 1 saturated heterocycles. The molecule has 4 nitrogen and oxygen atoms in total. The van der Waals surface area contributed by atoms with E-state index in [4.69, 9.17) is 5.73 Å². The van der Waals surface area contributed by atoms with E-state index in [0.717, 1.165) is 68.1 Å². The van der Waals surface area contributed by atoms with Crippen molar-refractivity contribution in [2.24, 2.45) is 5.73 Å². The van der Waals surface area contributed by atoms with Crippen molar-refractivity contribution in [1.82, 2.24) is 9.80 Å². The second-order valence-corrected chi connectivity index (χ2v) is 9.31. The fourth-order valence-corrected chi connectivity index (χ4v) is 4.49. The first kappa shape index (κ1) is 29.5. The summed E-state index contributed by atoms with van der Waals surface area (Å²) in [6.07, 6.45) is -4.79. The van der Waals surface area contributed by atoms with E-state index in [-0.39, 0.29) is 0 Å². The molecule has 0 bridgehead atoms. The SMILES string of the molecule is C=C/C=C(\C=C/N)CN1CCN(Cc2ccc(-c3ccc(C(O)(C(F)(F)F)C(F)(F)F)cc3)cc2C)CC1. The Hall–Kier alpha value is -3.08. The number of piperazine rings is 1. The summed E-state index contributed by atoms with van der Waals surface area (Å²) in [5, 5.41) is 9.59. The van der Waals surface area contributed by atoms with Gasteiger partial charge < -0.3 is 10.8 Å².